The minimum Gasteiger partial charge on any atom is -0.478 e. The molecule has 1 N–H and O–H groups in total. The molecule has 0 atom stereocenters. The van der Waals surface area contributed by atoms with Crippen molar-refractivity contribution in [3.05, 3.63) is 45.9 Å². The molecule has 0 aliphatic rings. The van der Waals surface area contributed by atoms with E-state index in [4.69, 9.17) is 5.11 Å². The van der Waals surface area contributed by atoms with Crippen LogP contribution in [0.4, 0.5) is 0 Å². The van der Waals surface area contributed by atoms with E-state index < -0.39 is 5.97 Å². The third-order valence-electron chi connectivity index (χ3n) is 2.55. The molecule has 1 aromatic heterocycles. The third kappa shape index (κ3) is 4.08. The third-order valence-corrected chi connectivity index (χ3v) is 4.55. The van der Waals surface area contributed by atoms with Crippen LogP contribution in [0.5, 0.6) is 0 Å². The van der Waals surface area contributed by atoms with Crippen LogP contribution in [0, 0.1) is 0 Å². The van der Waals surface area contributed by atoms with Crippen molar-refractivity contribution in [1.29, 1.82) is 0 Å². The Morgan fingerprint density at radius 2 is 2.11 bits per heavy atom. The summed E-state index contributed by atoms with van der Waals surface area (Å²) in [6.07, 6.45) is 2.17. The molecule has 19 heavy (non-hydrogen) atoms. The minimum absolute atomic E-state index is 0.322. The summed E-state index contributed by atoms with van der Waals surface area (Å²) in [4.78, 5) is 16.4. The predicted octanol–water partition coefficient (Wildman–Crippen LogP) is 4.09. The summed E-state index contributed by atoms with van der Waals surface area (Å²) in [5, 5.41) is 12.1. The van der Waals surface area contributed by atoms with Gasteiger partial charge in [-0.1, -0.05) is 6.92 Å². The summed E-state index contributed by atoms with van der Waals surface area (Å²) in [6.45, 7) is 2.15. The molecule has 0 radical (unpaired) electrons. The fraction of sp³-hybridized carbons (Fsp3) is 0.286. The zero-order valence-corrected chi connectivity index (χ0v) is 12.3. The summed E-state index contributed by atoms with van der Waals surface area (Å²) in [6, 6.07) is 6.95. The van der Waals surface area contributed by atoms with Gasteiger partial charge in [0.05, 0.1) is 16.3 Å². The molecule has 0 fully saturated rings. The van der Waals surface area contributed by atoms with E-state index in [0.717, 1.165) is 29.2 Å². The number of hydrogen-bond donors (Lipinski definition) is 1. The Morgan fingerprint density at radius 3 is 2.74 bits per heavy atom. The van der Waals surface area contributed by atoms with Gasteiger partial charge < -0.3 is 5.11 Å². The lowest BCUT2D eigenvalue weighted by Crippen LogP contribution is -1.94. The largest absolute Gasteiger partial charge is 0.478 e. The highest BCUT2D eigenvalue weighted by atomic mass is 32.2. The summed E-state index contributed by atoms with van der Waals surface area (Å²) < 4.78 is 0. The Hall–Kier alpha value is -1.33. The number of carboxylic acids is 1. The van der Waals surface area contributed by atoms with Crippen LogP contribution < -0.4 is 0 Å². The summed E-state index contributed by atoms with van der Waals surface area (Å²) in [5.74, 6) is -0.0626. The molecule has 0 saturated carbocycles. The molecule has 0 amide bonds. The molecular weight excluding hydrogens is 278 g/mol. The van der Waals surface area contributed by atoms with Crippen LogP contribution in [0.3, 0.4) is 0 Å². The van der Waals surface area contributed by atoms with E-state index in [9.17, 15) is 4.79 Å². The lowest BCUT2D eigenvalue weighted by Gasteiger charge is -2.00. The lowest BCUT2D eigenvalue weighted by molar-refractivity contribution is 0.0697. The molecule has 0 spiro atoms. The van der Waals surface area contributed by atoms with Crippen molar-refractivity contribution in [3.63, 3.8) is 0 Å². The zero-order chi connectivity index (χ0) is 13.7. The van der Waals surface area contributed by atoms with E-state index >= 15 is 0 Å². The smallest absolute Gasteiger partial charge is 0.335 e. The van der Waals surface area contributed by atoms with Crippen molar-refractivity contribution < 1.29 is 9.90 Å². The first-order chi connectivity index (χ1) is 9.19. The lowest BCUT2D eigenvalue weighted by atomic mass is 10.2. The van der Waals surface area contributed by atoms with Gasteiger partial charge in [-0.3, -0.25) is 0 Å². The minimum atomic E-state index is -0.889. The van der Waals surface area contributed by atoms with Gasteiger partial charge in [0.2, 0.25) is 0 Å². The summed E-state index contributed by atoms with van der Waals surface area (Å²) in [7, 11) is 0. The van der Waals surface area contributed by atoms with Gasteiger partial charge in [0.25, 0.3) is 0 Å². The molecule has 1 heterocycles. The van der Waals surface area contributed by atoms with Crippen LogP contribution in [-0.4, -0.2) is 16.1 Å². The van der Waals surface area contributed by atoms with Crippen molar-refractivity contribution in [2.24, 2.45) is 0 Å². The normalized spacial score (nSPS) is 10.6. The molecule has 0 aliphatic heterocycles. The number of aromatic carboxylic acids is 1. The highest BCUT2D eigenvalue weighted by Gasteiger charge is 2.04. The Morgan fingerprint density at radius 1 is 1.37 bits per heavy atom. The monoisotopic (exact) mass is 293 g/mol. The molecule has 5 heteroatoms. The maximum atomic E-state index is 10.7. The average molecular weight is 293 g/mol. The Balaban J connectivity index is 1.92. The number of carboxylic acid groups (broad SMARTS) is 1. The second-order valence-electron chi connectivity index (χ2n) is 4.10. The van der Waals surface area contributed by atoms with Crippen molar-refractivity contribution in [2.75, 3.05) is 0 Å². The van der Waals surface area contributed by atoms with E-state index in [1.54, 1.807) is 35.2 Å². The van der Waals surface area contributed by atoms with Crippen LogP contribution in [0.15, 0.2) is 34.5 Å². The fourth-order valence-electron chi connectivity index (χ4n) is 1.59. The van der Waals surface area contributed by atoms with Gasteiger partial charge >= 0.3 is 5.97 Å². The van der Waals surface area contributed by atoms with Crippen LogP contribution in [0.1, 0.15) is 34.4 Å². The van der Waals surface area contributed by atoms with Gasteiger partial charge in [0.15, 0.2) is 0 Å². The number of thioether (sulfide) groups is 1. The molecule has 1 aromatic carbocycles. The molecule has 2 aromatic rings. The Labute approximate surface area is 120 Å². The maximum absolute atomic E-state index is 10.7. The van der Waals surface area contributed by atoms with E-state index in [0.29, 0.717) is 5.56 Å². The average Bonchev–Trinajstić information content (AvgIpc) is 2.85. The molecule has 3 nitrogen and oxygen atoms in total. The highest BCUT2D eigenvalue weighted by molar-refractivity contribution is 7.98. The molecule has 0 aliphatic carbocycles. The number of thiazole rings is 1. The van der Waals surface area contributed by atoms with Gasteiger partial charge in [-0.25, -0.2) is 9.78 Å². The second-order valence-corrected chi connectivity index (χ2v) is 6.09. The predicted molar refractivity (Wildman–Crippen MR) is 79.1 cm³/mol. The zero-order valence-electron chi connectivity index (χ0n) is 10.6. The van der Waals surface area contributed by atoms with Crippen molar-refractivity contribution in [2.45, 2.75) is 30.4 Å². The first kappa shape index (κ1) is 14.1. The van der Waals surface area contributed by atoms with Crippen LogP contribution in [-0.2, 0) is 12.2 Å². The number of rotatable bonds is 6. The fourth-order valence-corrected chi connectivity index (χ4v) is 3.39. The number of aromatic nitrogens is 1. The van der Waals surface area contributed by atoms with Gasteiger partial charge in [-0.2, -0.15) is 0 Å². The first-order valence-electron chi connectivity index (χ1n) is 6.08. The molecule has 0 bridgehead atoms. The van der Waals surface area contributed by atoms with Gasteiger partial charge in [0.1, 0.15) is 0 Å². The number of hydrogen-bond acceptors (Lipinski definition) is 4. The van der Waals surface area contributed by atoms with E-state index in [-0.39, 0.29) is 0 Å². The van der Waals surface area contributed by atoms with Crippen molar-refractivity contribution in [3.8, 4) is 0 Å². The highest BCUT2D eigenvalue weighted by Crippen LogP contribution is 2.24. The van der Waals surface area contributed by atoms with E-state index in [1.807, 2.05) is 12.1 Å². The van der Waals surface area contributed by atoms with E-state index in [2.05, 4.69) is 17.3 Å². The topological polar surface area (TPSA) is 50.2 Å². The molecular formula is C14H15NO2S2. The standard InChI is InChI=1S/C14H15NO2S2/c1-2-3-13-15-11(9-19-13)8-18-12-6-4-10(5-7-12)14(16)17/h4-7,9H,2-3,8H2,1H3,(H,16,17). The first-order valence-corrected chi connectivity index (χ1v) is 7.95. The maximum Gasteiger partial charge on any atom is 0.335 e. The van der Waals surface area contributed by atoms with Crippen LogP contribution in [0.2, 0.25) is 0 Å². The number of carbonyl (C=O) groups is 1. The SMILES string of the molecule is CCCc1nc(CSc2ccc(C(=O)O)cc2)cs1. The van der Waals surface area contributed by atoms with Crippen LogP contribution >= 0.6 is 23.1 Å². The second kappa shape index (κ2) is 6.73. The molecule has 0 unspecified atom stereocenters. The van der Waals surface area contributed by atoms with Gasteiger partial charge in [0, 0.05) is 16.0 Å². The molecule has 2 rings (SSSR count). The van der Waals surface area contributed by atoms with Crippen molar-refractivity contribution >= 4 is 29.1 Å². The number of nitrogens with zero attached hydrogens (tertiary/aromatic N) is 1. The summed E-state index contributed by atoms with van der Waals surface area (Å²) in [5.41, 5.74) is 1.42. The quantitative estimate of drug-likeness (QED) is 0.815. The Kier molecular flexibility index (Phi) is 4.99. The van der Waals surface area contributed by atoms with Crippen molar-refractivity contribution in [1.82, 2.24) is 4.98 Å². The van der Waals surface area contributed by atoms with Gasteiger partial charge in [-0.15, -0.1) is 23.1 Å². The van der Waals surface area contributed by atoms with Gasteiger partial charge in [-0.05, 0) is 37.1 Å². The molecule has 100 valence electrons. The summed E-state index contributed by atoms with van der Waals surface area (Å²) >= 11 is 3.39. The molecule has 0 saturated heterocycles. The Bertz CT molecular complexity index is 549. The number of benzene rings is 1. The van der Waals surface area contributed by atoms with Crippen LogP contribution in [0.25, 0.3) is 0 Å². The van der Waals surface area contributed by atoms with E-state index in [1.165, 1.54) is 5.01 Å². The number of aryl methyl sites for hydroxylation is 1.